The molecule has 0 radical (unpaired) electrons. The molecule has 0 heterocycles. The molecule has 18 heavy (non-hydrogen) atoms. The topological polar surface area (TPSA) is 44.5 Å². The Morgan fingerprint density at radius 3 is 2.50 bits per heavy atom. The molecule has 0 amide bonds. The number of rotatable bonds is 3. The summed E-state index contributed by atoms with van der Waals surface area (Å²) in [4.78, 5) is 0. The fourth-order valence-corrected chi connectivity index (χ4v) is 1.80. The second-order valence-corrected chi connectivity index (χ2v) is 4.46. The molecule has 2 aromatic rings. The third kappa shape index (κ3) is 2.56. The van der Waals surface area contributed by atoms with Gasteiger partial charge in [0.2, 0.25) is 0 Å². The Kier molecular flexibility index (Phi) is 3.72. The Labute approximate surface area is 112 Å². The van der Waals surface area contributed by atoms with Crippen LogP contribution in [0.15, 0.2) is 40.9 Å². The van der Waals surface area contributed by atoms with Gasteiger partial charge in [0.25, 0.3) is 0 Å². The van der Waals surface area contributed by atoms with Gasteiger partial charge in [0, 0.05) is 4.47 Å². The average Bonchev–Trinajstić information content (AvgIpc) is 2.35. The lowest BCUT2D eigenvalue weighted by Crippen LogP contribution is -1.97. The molecule has 2 aromatic carbocycles. The number of hydrogen-bond acceptors (Lipinski definition) is 3. The van der Waals surface area contributed by atoms with Crippen molar-refractivity contribution in [1.82, 2.24) is 0 Å². The summed E-state index contributed by atoms with van der Waals surface area (Å²) in [6, 6.07) is 9.62. The number of nitrogens with two attached hydrogens (primary N) is 1. The van der Waals surface area contributed by atoms with Crippen molar-refractivity contribution in [1.29, 1.82) is 0 Å². The van der Waals surface area contributed by atoms with E-state index in [1.807, 2.05) is 0 Å². The first-order valence-corrected chi connectivity index (χ1v) is 5.96. The van der Waals surface area contributed by atoms with Gasteiger partial charge in [-0.1, -0.05) is 22.0 Å². The highest BCUT2D eigenvalue weighted by molar-refractivity contribution is 9.10. The van der Waals surface area contributed by atoms with E-state index in [1.165, 1.54) is 19.2 Å². The van der Waals surface area contributed by atoms with E-state index in [9.17, 15) is 4.39 Å². The molecule has 0 aliphatic carbocycles. The van der Waals surface area contributed by atoms with Gasteiger partial charge in [-0.2, -0.15) is 0 Å². The third-order valence-electron chi connectivity index (χ3n) is 2.36. The summed E-state index contributed by atoms with van der Waals surface area (Å²) in [6.07, 6.45) is 0. The lowest BCUT2D eigenvalue weighted by atomic mass is 10.2. The van der Waals surface area contributed by atoms with E-state index in [-0.39, 0.29) is 5.75 Å². The van der Waals surface area contributed by atoms with E-state index in [4.69, 9.17) is 15.2 Å². The van der Waals surface area contributed by atoms with Crippen LogP contribution < -0.4 is 15.2 Å². The minimum atomic E-state index is -0.466. The van der Waals surface area contributed by atoms with E-state index in [0.717, 1.165) is 0 Å². The van der Waals surface area contributed by atoms with Crippen LogP contribution in [0.5, 0.6) is 17.2 Å². The zero-order chi connectivity index (χ0) is 13.1. The average molecular weight is 312 g/mol. The molecule has 3 nitrogen and oxygen atoms in total. The van der Waals surface area contributed by atoms with Crippen molar-refractivity contribution in [2.45, 2.75) is 0 Å². The van der Waals surface area contributed by atoms with Gasteiger partial charge in [-0.25, -0.2) is 4.39 Å². The van der Waals surface area contributed by atoms with E-state index in [2.05, 4.69) is 15.9 Å². The predicted octanol–water partition coefficient (Wildman–Crippen LogP) is 3.97. The quantitative estimate of drug-likeness (QED) is 0.872. The fraction of sp³-hybridized carbons (Fsp3) is 0.0769. The molecule has 0 aliphatic heterocycles. The van der Waals surface area contributed by atoms with Crippen molar-refractivity contribution in [2.24, 2.45) is 0 Å². The smallest absolute Gasteiger partial charge is 0.166 e. The maximum atomic E-state index is 13.6. The molecule has 0 aliphatic rings. The molecule has 2 N–H and O–H groups in total. The zero-order valence-electron chi connectivity index (χ0n) is 9.61. The number of nitrogen functional groups attached to an aromatic ring is 1. The van der Waals surface area contributed by atoms with Crippen LogP contribution in [0.25, 0.3) is 0 Å². The molecule has 0 bridgehead atoms. The van der Waals surface area contributed by atoms with E-state index in [0.29, 0.717) is 21.7 Å². The molecule has 0 spiro atoms. The monoisotopic (exact) mass is 311 g/mol. The third-order valence-corrected chi connectivity index (χ3v) is 2.85. The minimum Gasteiger partial charge on any atom is -0.494 e. The summed E-state index contributed by atoms with van der Waals surface area (Å²) in [7, 11) is 1.51. The van der Waals surface area contributed by atoms with E-state index >= 15 is 0 Å². The summed E-state index contributed by atoms with van der Waals surface area (Å²) in [6.45, 7) is 0. The fourth-order valence-electron chi connectivity index (χ4n) is 1.47. The van der Waals surface area contributed by atoms with Crippen molar-refractivity contribution < 1.29 is 13.9 Å². The van der Waals surface area contributed by atoms with Gasteiger partial charge in [0.1, 0.15) is 11.4 Å². The molecule has 0 unspecified atom stereocenters. The highest BCUT2D eigenvalue weighted by Crippen LogP contribution is 2.35. The van der Waals surface area contributed by atoms with Crippen LogP contribution in [0.4, 0.5) is 10.1 Å². The van der Waals surface area contributed by atoms with Crippen molar-refractivity contribution >= 4 is 21.6 Å². The lowest BCUT2D eigenvalue weighted by Gasteiger charge is -2.11. The van der Waals surface area contributed by atoms with Crippen LogP contribution in [0.3, 0.4) is 0 Å². The summed E-state index contributed by atoms with van der Waals surface area (Å²) in [5, 5.41) is 0. The van der Waals surface area contributed by atoms with E-state index in [1.54, 1.807) is 24.3 Å². The molecule has 0 fully saturated rings. The van der Waals surface area contributed by atoms with Gasteiger partial charge in [0.15, 0.2) is 17.3 Å². The highest BCUT2D eigenvalue weighted by atomic mass is 79.9. The van der Waals surface area contributed by atoms with Crippen molar-refractivity contribution in [3.05, 3.63) is 46.7 Å². The van der Waals surface area contributed by atoms with Gasteiger partial charge in [-0.3, -0.25) is 0 Å². The number of halogens is 2. The summed E-state index contributed by atoms with van der Waals surface area (Å²) < 4.78 is 24.8. The maximum Gasteiger partial charge on any atom is 0.166 e. The van der Waals surface area contributed by atoms with Gasteiger partial charge in [-0.15, -0.1) is 0 Å². The Bertz CT molecular complexity index is 575. The number of benzene rings is 2. The Morgan fingerprint density at radius 1 is 1.11 bits per heavy atom. The van der Waals surface area contributed by atoms with Crippen molar-refractivity contribution in [2.75, 3.05) is 12.8 Å². The molecule has 94 valence electrons. The molecule has 0 saturated carbocycles. The largest absolute Gasteiger partial charge is 0.494 e. The Balaban J connectivity index is 2.34. The normalized spacial score (nSPS) is 10.2. The second-order valence-electron chi connectivity index (χ2n) is 3.55. The molecular formula is C13H11BrFNO2. The number of anilines is 1. The van der Waals surface area contributed by atoms with Gasteiger partial charge in [-0.05, 0) is 30.3 Å². The SMILES string of the molecule is COc1cccc(Oc2ccc(Br)cc2F)c1N. The minimum absolute atomic E-state index is 0.109. The van der Waals surface area contributed by atoms with Gasteiger partial charge in [0.05, 0.1) is 7.11 Å². The van der Waals surface area contributed by atoms with Crippen LogP contribution in [0.1, 0.15) is 0 Å². The number of hydrogen-bond donors (Lipinski definition) is 1. The highest BCUT2D eigenvalue weighted by Gasteiger charge is 2.10. The molecule has 2 rings (SSSR count). The van der Waals surface area contributed by atoms with Crippen LogP contribution in [-0.2, 0) is 0 Å². The number of para-hydroxylation sites is 1. The second kappa shape index (κ2) is 5.27. The number of ether oxygens (including phenoxy) is 2. The lowest BCUT2D eigenvalue weighted by molar-refractivity contribution is 0.408. The van der Waals surface area contributed by atoms with Crippen LogP contribution in [0, 0.1) is 5.82 Å². The zero-order valence-corrected chi connectivity index (χ0v) is 11.2. The Morgan fingerprint density at radius 2 is 1.83 bits per heavy atom. The Hall–Kier alpha value is -1.75. The molecule has 0 aromatic heterocycles. The van der Waals surface area contributed by atoms with Gasteiger partial charge < -0.3 is 15.2 Å². The first-order chi connectivity index (χ1) is 8.61. The van der Waals surface area contributed by atoms with Crippen LogP contribution in [-0.4, -0.2) is 7.11 Å². The predicted molar refractivity (Wildman–Crippen MR) is 71.6 cm³/mol. The van der Waals surface area contributed by atoms with Crippen molar-refractivity contribution in [3.8, 4) is 17.2 Å². The summed E-state index contributed by atoms with van der Waals surface area (Å²) >= 11 is 3.18. The molecular weight excluding hydrogens is 301 g/mol. The van der Waals surface area contributed by atoms with Gasteiger partial charge >= 0.3 is 0 Å². The summed E-state index contributed by atoms with van der Waals surface area (Å²) in [5.41, 5.74) is 6.18. The van der Waals surface area contributed by atoms with E-state index < -0.39 is 5.82 Å². The first-order valence-electron chi connectivity index (χ1n) is 5.17. The maximum absolute atomic E-state index is 13.6. The van der Waals surface area contributed by atoms with Crippen molar-refractivity contribution in [3.63, 3.8) is 0 Å². The molecule has 5 heteroatoms. The summed E-state index contributed by atoms with van der Waals surface area (Å²) in [5.74, 6) is 0.491. The number of methoxy groups -OCH3 is 1. The molecule has 0 atom stereocenters. The first kappa shape index (κ1) is 12.7. The standard InChI is InChI=1S/C13H11BrFNO2/c1-17-11-3-2-4-12(13(11)16)18-10-6-5-8(14)7-9(10)15/h2-7H,16H2,1H3. The van der Waals surface area contributed by atoms with Crippen LogP contribution in [0.2, 0.25) is 0 Å². The molecule has 0 saturated heterocycles. The van der Waals surface area contributed by atoms with Crippen LogP contribution >= 0.6 is 15.9 Å².